The van der Waals surface area contributed by atoms with Crippen molar-refractivity contribution in [3.8, 4) is 10.7 Å². The summed E-state index contributed by atoms with van der Waals surface area (Å²) >= 11 is 10.5. The van der Waals surface area contributed by atoms with Crippen molar-refractivity contribution < 1.29 is 4.52 Å². The standard InChI is InChI=1S/C8H6BrClN2OS/c9-6-2-1-5(14-6)8-11-7(3-4-10)13-12-8/h1-2H,3-4H2. The molecule has 14 heavy (non-hydrogen) atoms. The molecular formula is C8H6BrClN2OS. The zero-order valence-electron chi connectivity index (χ0n) is 7.04. The fourth-order valence-corrected chi connectivity index (χ4v) is 2.45. The van der Waals surface area contributed by atoms with Gasteiger partial charge in [0, 0.05) is 12.3 Å². The topological polar surface area (TPSA) is 38.9 Å². The van der Waals surface area contributed by atoms with E-state index in [0.717, 1.165) is 8.66 Å². The molecule has 0 saturated carbocycles. The van der Waals surface area contributed by atoms with E-state index in [9.17, 15) is 0 Å². The summed E-state index contributed by atoms with van der Waals surface area (Å²) < 4.78 is 6.07. The third-order valence-corrected chi connectivity index (χ3v) is 3.38. The van der Waals surface area contributed by atoms with Crippen molar-refractivity contribution in [2.24, 2.45) is 0 Å². The van der Waals surface area contributed by atoms with Crippen LogP contribution in [0.15, 0.2) is 20.4 Å². The Morgan fingerprint density at radius 2 is 2.36 bits per heavy atom. The molecule has 3 nitrogen and oxygen atoms in total. The SMILES string of the molecule is ClCCc1nc(-c2ccc(Br)s2)no1. The van der Waals surface area contributed by atoms with Crippen LogP contribution in [0.1, 0.15) is 5.89 Å². The minimum atomic E-state index is 0.496. The summed E-state index contributed by atoms with van der Waals surface area (Å²) in [4.78, 5) is 5.20. The first-order valence-corrected chi connectivity index (χ1v) is 6.08. The molecule has 0 spiro atoms. The van der Waals surface area contributed by atoms with E-state index in [1.165, 1.54) is 0 Å². The van der Waals surface area contributed by atoms with Gasteiger partial charge in [0.25, 0.3) is 0 Å². The second kappa shape index (κ2) is 4.42. The highest BCUT2D eigenvalue weighted by Crippen LogP contribution is 2.29. The number of aromatic nitrogens is 2. The van der Waals surface area contributed by atoms with Gasteiger partial charge in [-0.1, -0.05) is 5.16 Å². The Morgan fingerprint density at radius 3 is 3.00 bits per heavy atom. The molecule has 0 unspecified atom stereocenters. The molecule has 0 N–H and O–H groups in total. The number of rotatable bonds is 3. The van der Waals surface area contributed by atoms with Gasteiger partial charge in [0.15, 0.2) is 0 Å². The van der Waals surface area contributed by atoms with Gasteiger partial charge >= 0.3 is 0 Å². The minimum Gasteiger partial charge on any atom is -0.339 e. The highest BCUT2D eigenvalue weighted by atomic mass is 79.9. The normalized spacial score (nSPS) is 10.7. The van der Waals surface area contributed by atoms with Crippen molar-refractivity contribution in [3.05, 3.63) is 21.8 Å². The molecule has 0 aromatic carbocycles. The average molecular weight is 294 g/mol. The van der Waals surface area contributed by atoms with Crippen LogP contribution in [0, 0.1) is 0 Å². The molecule has 6 heteroatoms. The number of thiophene rings is 1. The largest absolute Gasteiger partial charge is 0.339 e. The first-order chi connectivity index (χ1) is 6.79. The van der Waals surface area contributed by atoms with Crippen LogP contribution in [0.3, 0.4) is 0 Å². The summed E-state index contributed by atoms with van der Waals surface area (Å²) in [6.45, 7) is 0. The first kappa shape index (κ1) is 10.1. The Bertz CT molecular complexity index is 428. The summed E-state index contributed by atoms with van der Waals surface area (Å²) in [6, 6.07) is 3.90. The number of nitrogens with zero attached hydrogens (tertiary/aromatic N) is 2. The second-order valence-corrected chi connectivity index (χ2v) is 5.40. The maximum atomic E-state index is 5.56. The van der Waals surface area contributed by atoms with E-state index in [2.05, 4.69) is 26.1 Å². The van der Waals surface area contributed by atoms with Crippen molar-refractivity contribution >= 4 is 38.9 Å². The highest BCUT2D eigenvalue weighted by molar-refractivity contribution is 9.11. The summed E-state index contributed by atoms with van der Waals surface area (Å²) in [5, 5.41) is 3.86. The molecule has 2 heterocycles. The van der Waals surface area contributed by atoms with Gasteiger partial charge in [-0.25, -0.2) is 0 Å². The Balaban J connectivity index is 2.24. The smallest absolute Gasteiger partial charge is 0.228 e. The van der Waals surface area contributed by atoms with Crippen LogP contribution in [0.4, 0.5) is 0 Å². The summed E-state index contributed by atoms with van der Waals surface area (Å²) in [5.74, 6) is 1.70. The predicted octanol–water partition coefficient (Wildman–Crippen LogP) is 3.34. The fraction of sp³-hybridized carbons (Fsp3) is 0.250. The van der Waals surface area contributed by atoms with Gasteiger partial charge in [0.2, 0.25) is 11.7 Å². The van der Waals surface area contributed by atoms with Crippen LogP contribution in [0.2, 0.25) is 0 Å². The third kappa shape index (κ3) is 2.16. The predicted molar refractivity (Wildman–Crippen MR) is 59.7 cm³/mol. The highest BCUT2D eigenvalue weighted by Gasteiger charge is 2.09. The molecule has 0 aliphatic carbocycles. The van der Waals surface area contributed by atoms with E-state index in [-0.39, 0.29) is 0 Å². The number of hydrogen-bond donors (Lipinski definition) is 0. The first-order valence-electron chi connectivity index (χ1n) is 3.94. The zero-order valence-corrected chi connectivity index (χ0v) is 10.2. The molecule has 0 atom stereocenters. The van der Waals surface area contributed by atoms with E-state index in [4.69, 9.17) is 16.1 Å². The average Bonchev–Trinajstić information content (AvgIpc) is 2.74. The van der Waals surface area contributed by atoms with Gasteiger partial charge in [-0.15, -0.1) is 22.9 Å². The van der Waals surface area contributed by atoms with Gasteiger partial charge in [-0.05, 0) is 28.1 Å². The number of alkyl halides is 1. The molecular weight excluding hydrogens is 288 g/mol. The number of halogens is 2. The number of hydrogen-bond acceptors (Lipinski definition) is 4. The lowest BCUT2D eigenvalue weighted by Gasteiger charge is -1.83. The molecule has 2 aromatic heterocycles. The van der Waals surface area contributed by atoms with Crippen molar-refractivity contribution in [2.75, 3.05) is 5.88 Å². The van der Waals surface area contributed by atoms with E-state index >= 15 is 0 Å². The molecule has 74 valence electrons. The van der Waals surface area contributed by atoms with Crippen LogP contribution in [0.25, 0.3) is 10.7 Å². The van der Waals surface area contributed by atoms with Gasteiger partial charge in [0.1, 0.15) is 0 Å². The van der Waals surface area contributed by atoms with E-state index < -0.39 is 0 Å². The molecule has 0 aliphatic heterocycles. The van der Waals surface area contributed by atoms with Gasteiger partial charge < -0.3 is 4.52 Å². The molecule has 0 amide bonds. The molecule has 0 fully saturated rings. The Kier molecular flexibility index (Phi) is 3.20. The van der Waals surface area contributed by atoms with Crippen molar-refractivity contribution in [1.29, 1.82) is 0 Å². The van der Waals surface area contributed by atoms with Crippen LogP contribution in [0.5, 0.6) is 0 Å². The lowest BCUT2D eigenvalue weighted by molar-refractivity contribution is 0.383. The van der Waals surface area contributed by atoms with E-state index in [1.54, 1.807) is 11.3 Å². The van der Waals surface area contributed by atoms with Crippen LogP contribution >= 0.6 is 38.9 Å². The van der Waals surface area contributed by atoms with E-state index in [0.29, 0.717) is 24.0 Å². The Hall–Kier alpha value is -0.390. The minimum absolute atomic E-state index is 0.496. The van der Waals surface area contributed by atoms with Crippen molar-refractivity contribution in [3.63, 3.8) is 0 Å². The van der Waals surface area contributed by atoms with Crippen LogP contribution < -0.4 is 0 Å². The summed E-state index contributed by atoms with van der Waals surface area (Å²) in [6.07, 6.45) is 0.612. The van der Waals surface area contributed by atoms with Gasteiger partial charge in [-0.2, -0.15) is 4.98 Å². The fourth-order valence-electron chi connectivity index (χ4n) is 0.972. The van der Waals surface area contributed by atoms with Crippen molar-refractivity contribution in [1.82, 2.24) is 10.1 Å². The van der Waals surface area contributed by atoms with Gasteiger partial charge in [0.05, 0.1) is 8.66 Å². The molecule has 0 radical (unpaired) electrons. The zero-order chi connectivity index (χ0) is 9.97. The summed E-state index contributed by atoms with van der Waals surface area (Å²) in [5.41, 5.74) is 0. The van der Waals surface area contributed by atoms with E-state index in [1.807, 2.05) is 12.1 Å². The molecule has 2 rings (SSSR count). The molecule has 0 saturated heterocycles. The third-order valence-electron chi connectivity index (χ3n) is 1.57. The summed E-state index contributed by atoms with van der Waals surface area (Å²) in [7, 11) is 0. The van der Waals surface area contributed by atoms with Crippen LogP contribution in [-0.4, -0.2) is 16.0 Å². The molecule has 0 bridgehead atoms. The maximum absolute atomic E-state index is 5.56. The Morgan fingerprint density at radius 1 is 1.50 bits per heavy atom. The van der Waals surface area contributed by atoms with Crippen LogP contribution in [-0.2, 0) is 6.42 Å². The lowest BCUT2D eigenvalue weighted by Crippen LogP contribution is -1.84. The Labute approximate surface area is 98.2 Å². The van der Waals surface area contributed by atoms with Gasteiger partial charge in [-0.3, -0.25) is 0 Å². The lowest BCUT2D eigenvalue weighted by atomic mass is 10.4. The second-order valence-electron chi connectivity index (χ2n) is 2.55. The number of aryl methyl sites for hydroxylation is 1. The molecule has 2 aromatic rings. The monoisotopic (exact) mass is 292 g/mol. The van der Waals surface area contributed by atoms with Crippen molar-refractivity contribution in [2.45, 2.75) is 6.42 Å². The maximum Gasteiger partial charge on any atom is 0.228 e. The quantitative estimate of drug-likeness (QED) is 0.815. The molecule has 0 aliphatic rings.